The molecule has 0 bridgehead atoms. The van der Waals surface area contributed by atoms with Crippen LogP contribution in [0.25, 0.3) is 5.78 Å². The van der Waals surface area contributed by atoms with E-state index in [9.17, 15) is 18.4 Å². The van der Waals surface area contributed by atoms with Crippen molar-refractivity contribution in [3.63, 3.8) is 0 Å². The number of hydrogen-bond acceptors (Lipinski definition) is 6. The molecule has 8 nitrogen and oxygen atoms in total. The van der Waals surface area contributed by atoms with Crippen molar-refractivity contribution in [2.75, 3.05) is 0 Å². The van der Waals surface area contributed by atoms with Gasteiger partial charge in [0.25, 0.3) is 11.7 Å². The van der Waals surface area contributed by atoms with Crippen molar-refractivity contribution in [2.45, 2.75) is 26.9 Å². The van der Waals surface area contributed by atoms with Crippen LogP contribution in [0.5, 0.6) is 0 Å². The molecule has 33 heavy (non-hydrogen) atoms. The van der Waals surface area contributed by atoms with E-state index in [1.54, 1.807) is 31.2 Å². The van der Waals surface area contributed by atoms with Gasteiger partial charge >= 0.3 is 0 Å². The van der Waals surface area contributed by atoms with Crippen molar-refractivity contribution in [2.24, 2.45) is 5.73 Å². The van der Waals surface area contributed by atoms with Gasteiger partial charge in [0.05, 0.1) is 0 Å². The molecule has 2 heterocycles. The van der Waals surface area contributed by atoms with Crippen molar-refractivity contribution in [3.8, 4) is 0 Å². The molecule has 0 aliphatic heterocycles. The molecule has 0 aliphatic carbocycles. The maximum atomic E-state index is 13.3. The fraction of sp³-hybridized carbons (Fsp3) is 0.174. The van der Waals surface area contributed by atoms with E-state index in [0.717, 1.165) is 11.1 Å². The number of Topliss-reactive ketones (excluding diaryl/α,β-unsaturated/α-hetero) is 1. The SMILES string of the molecule is CC(=O)c1cc(C(=O)NCc2ccc(F)c(C)c2)nc2ncnn12.NCc1cccc(F)c1. The van der Waals surface area contributed by atoms with Gasteiger partial charge in [0.2, 0.25) is 0 Å². The van der Waals surface area contributed by atoms with Gasteiger partial charge in [0.1, 0.15) is 29.3 Å². The largest absolute Gasteiger partial charge is 0.347 e. The van der Waals surface area contributed by atoms with Gasteiger partial charge in [-0.15, -0.1) is 0 Å². The fourth-order valence-electron chi connectivity index (χ4n) is 2.93. The molecule has 0 fully saturated rings. The number of fused-ring (bicyclic) bond motifs is 1. The summed E-state index contributed by atoms with van der Waals surface area (Å²) in [5.41, 5.74) is 7.64. The summed E-state index contributed by atoms with van der Waals surface area (Å²) in [6.07, 6.45) is 1.26. The van der Waals surface area contributed by atoms with Crippen LogP contribution in [0.15, 0.2) is 54.9 Å². The molecule has 0 unspecified atom stereocenters. The third-order valence-electron chi connectivity index (χ3n) is 4.65. The molecule has 170 valence electrons. The van der Waals surface area contributed by atoms with E-state index in [1.165, 1.54) is 42.0 Å². The topological polar surface area (TPSA) is 115 Å². The number of aromatic nitrogens is 4. The molecule has 0 saturated heterocycles. The summed E-state index contributed by atoms with van der Waals surface area (Å²) in [5, 5.41) is 6.60. The number of nitrogens with one attached hydrogen (secondary N) is 1. The highest BCUT2D eigenvalue weighted by Crippen LogP contribution is 2.10. The lowest BCUT2D eigenvalue weighted by Crippen LogP contribution is -2.25. The standard InChI is InChI=1S/C16H14FN5O2.C7H8FN/c1-9-5-11(3-4-12(9)17)7-18-15(24)13-6-14(10(2)23)22-16(21-13)19-8-20-22;8-7-3-1-2-6(4-7)5-9/h3-6,8H,7H2,1-2H3,(H,18,24);1-4H,5,9H2. The first kappa shape index (κ1) is 23.6. The highest BCUT2D eigenvalue weighted by molar-refractivity contribution is 5.98. The van der Waals surface area contributed by atoms with E-state index in [2.05, 4.69) is 20.4 Å². The lowest BCUT2D eigenvalue weighted by Gasteiger charge is -2.07. The summed E-state index contributed by atoms with van der Waals surface area (Å²) >= 11 is 0. The van der Waals surface area contributed by atoms with Crippen LogP contribution in [-0.4, -0.2) is 31.3 Å². The number of nitrogens with two attached hydrogens (primary N) is 1. The summed E-state index contributed by atoms with van der Waals surface area (Å²) in [6, 6.07) is 12.3. The number of aryl methyl sites for hydroxylation is 1. The molecule has 1 amide bonds. The Morgan fingerprint density at radius 2 is 1.88 bits per heavy atom. The summed E-state index contributed by atoms with van der Waals surface area (Å²) in [4.78, 5) is 32.0. The minimum absolute atomic E-state index is 0.0690. The van der Waals surface area contributed by atoms with Crippen LogP contribution in [0, 0.1) is 18.6 Å². The minimum atomic E-state index is -0.454. The number of benzene rings is 2. The molecule has 10 heteroatoms. The zero-order valence-electron chi connectivity index (χ0n) is 18.0. The molecule has 4 aromatic rings. The van der Waals surface area contributed by atoms with E-state index >= 15 is 0 Å². The maximum absolute atomic E-state index is 13.3. The summed E-state index contributed by atoms with van der Waals surface area (Å²) in [5.74, 6) is -1.06. The van der Waals surface area contributed by atoms with Crippen LogP contribution in [0.1, 0.15) is 44.6 Å². The quantitative estimate of drug-likeness (QED) is 0.450. The number of amides is 1. The Hall–Kier alpha value is -4.05. The number of carbonyl (C=O) groups is 2. The molecule has 3 N–H and O–H groups in total. The van der Waals surface area contributed by atoms with Crippen molar-refractivity contribution in [1.82, 2.24) is 24.9 Å². The number of hydrogen-bond donors (Lipinski definition) is 2. The van der Waals surface area contributed by atoms with Crippen LogP contribution < -0.4 is 11.1 Å². The predicted octanol–water partition coefficient (Wildman–Crippen LogP) is 2.99. The molecule has 0 aliphatic rings. The predicted molar refractivity (Wildman–Crippen MR) is 117 cm³/mol. The Bertz CT molecular complexity index is 1310. The Morgan fingerprint density at radius 3 is 2.52 bits per heavy atom. The van der Waals surface area contributed by atoms with E-state index in [-0.39, 0.29) is 41.1 Å². The Labute approximate surface area is 188 Å². The molecule has 4 rings (SSSR count). The fourth-order valence-corrected chi connectivity index (χ4v) is 2.93. The zero-order valence-corrected chi connectivity index (χ0v) is 18.0. The average molecular weight is 452 g/mol. The van der Waals surface area contributed by atoms with Crippen LogP contribution in [-0.2, 0) is 13.1 Å². The van der Waals surface area contributed by atoms with Crippen molar-refractivity contribution < 1.29 is 18.4 Å². The van der Waals surface area contributed by atoms with Crippen molar-refractivity contribution >= 4 is 17.5 Å². The minimum Gasteiger partial charge on any atom is -0.347 e. The second-order valence-electron chi connectivity index (χ2n) is 7.15. The van der Waals surface area contributed by atoms with Crippen LogP contribution in [0.3, 0.4) is 0 Å². The summed E-state index contributed by atoms with van der Waals surface area (Å²) < 4.78 is 26.8. The van der Waals surface area contributed by atoms with Gasteiger partial charge < -0.3 is 11.1 Å². The highest BCUT2D eigenvalue weighted by Gasteiger charge is 2.15. The van der Waals surface area contributed by atoms with Gasteiger partial charge in [0.15, 0.2) is 5.78 Å². The van der Waals surface area contributed by atoms with Gasteiger partial charge in [-0.2, -0.15) is 14.6 Å². The first-order valence-corrected chi connectivity index (χ1v) is 9.98. The number of nitrogens with zero attached hydrogens (tertiary/aromatic N) is 4. The zero-order chi connectivity index (χ0) is 24.0. The molecule has 0 radical (unpaired) electrons. The van der Waals surface area contributed by atoms with Crippen LogP contribution in [0.4, 0.5) is 8.78 Å². The average Bonchev–Trinajstić information content (AvgIpc) is 3.28. The van der Waals surface area contributed by atoms with Gasteiger partial charge in [-0.3, -0.25) is 9.59 Å². The van der Waals surface area contributed by atoms with Gasteiger partial charge in [-0.1, -0.05) is 24.3 Å². The number of halogens is 2. The van der Waals surface area contributed by atoms with Gasteiger partial charge in [-0.25, -0.2) is 13.8 Å². The highest BCUT2D eigenvalue weighted by atomic mass is 19.1. The summed E-state index contributed by atoms with van der Waals surface area (Å²) in [7, 11) is 0. The molecule has 0 atom stereocenters. The smallest absolute Gasteiger partial charge is 0.270 e. The van der Waals surface area contributed by atoms with Crippen LogP contribution in [0.2, 0.25) is 0 Å². The Kier molecular flexibility index (Phi) is 7.52. The lowest BCUT2D eigenvalue weighted by atomic mass is 10.1. The molecular weight excluding hydrogens is 430 g/mol. The third-order valence-corrected chi connectivity index (χ3v) is 4.65. The van der Waals surface area contributed by atoms with Crippen LogP contribution >= 0.6 is 0 Å². The third kappa shape index (κ3) is 6.01. The van der Waals surface area contributed by atoms with Crippen molar-refractivity contribution in [1.29, 1.82) is 0 Å². The number of ketones is 1. The lowest BCUT2D eigenvalue weighted by molar-refractivity contribution is 0.0946. The molecule has 2 aromatic heterocycles. The number of rotatable bonds is 5. The maximum Gasteiger partial charge on any atom is 0.270 e. The summed E-state index contributed by atoms with van der Waals surface area (Å²) in [6.45, 7) is 3.65. The number of carbonyl (C=O) groups excluding carboxylic acids is 2. The van der Waals surface area contributed by atoms with Gasteiger partial charge in [0, 0.05) is 20.0 Å². The molecular formula is C23H22F2N6O2. The van der Waals surface area contributed by atoms with E-state index in [0.29, 0.717) is 12.1 Å². The molecule has 0 spiro atoms. The van der Waals surface area contributed by atoms with E-state index in [4.69, 9.17) is 5.73 Å². The Balaban J connectivity index is 0.000000286. The van der Waals surface area contributed by atoms with Gasteiger partial charge in [-0.05, 0) is 47.9 Å². The Morgan fingerprint density at radius 1 is 1.09 bits per heavy atom. The van der Waals surface area contributed by atoms with E-state index in [1.807, 2.05) is 0 Å². The first-order chi connectivity index (χ1) is 15.8. The normalized spacial score (nSPS) is 10.5. The molecule has 2 aromatic carbocycles. The molecule has 0 saturated carbocycles. The van der Waals surface area contributed by atoms with Crippen molar-refractivity contribution in [3.05, 3.63) is 94.6 Å². The first-order valence-electron chi connectivity index (χ1n) is 9.98. The van der Waals surface area contributed by atoms with E-state index < -0.39 is 5.91 Å². The monoisotopic (exact) mass is 452 g/mol. The second kappa shape index (κ2) is 10.5. The second-order valence-corrected chi connectivity index (χ2v) is 7.15.